The summed E-state index contributed by atoms with van der Waals surface area (Å²) in [6, 6.07) is 0. The minimum Gasteiger partial charge on any atom is -0.394 e. The van der Waals surface area contributed by atoms with E-state index in [-0.39, 0.29) is 18.9 Å². The Morgan fingerprint density at radius 2 is 1.90 bits per heavy atom. The van der Waals surface area contributed by atoms with Crippen molar-refractivity contribution in [3.63, 3.8) is 0 Å². The Labute approximate surface area is 181 Å². The van der Waals surface area contributed by atoms with Gasteiger partial charge in [0, 0.05) is 13.0 Å². The molecule has 0 aromatic carbocycles. The van der Waals surface area contributed by atoms with Crippen LogP contribution in [0.1, 0.15) is 6.92 Å². The summed E-state index contributed by atoms with van der Waals surface area (Å²) in [6.45, 7) is 1.02. The molecule has 17 heteroatoms. The summed E-state index contributed by atoms with van der Waals surface area (Å²) >= 11 is -0.129. The van der Waals surface area contributed by atoms with Gasteiger partial charge in [0.25, 0.3) is 0 Å². The fourth-order valence-electron chi connectivity index (χ4n) is 3.74. The zero-order valence-corrected chi connectivity index (χ0v) is 17.9. The van der Waals surface area contributed by atoms with Crippen LogP contribution in [0.15, 0.2) is 0 Å². The second kappa shape index (κ2) is 10.8. The van der Waals surface area contributed by atoms with Gasteiger partial charge in [-0.15, -0.1) is 4.33 Å². The summed E-state index contributed by atoms with van der Waals surface area (Å²) in [6.07, 6.45) is -9.97. The van der Waals surface area contributed by atoms with Crippen molar-refractivity contribution in [1.29, 1.82) is 0 Å². The second-order valence-electron chi connectivity index (χ2n) is 7.01. The van der Waals surface area contributed by atoms with E-state index in [0.717, 1.165) is 0 Å². The number of rotatable bonds is 10. The average Bonchev–Trinajstić information content (AvgIpc) is 3.01. The molecule has 0 radical (unpaired) electrons. The first-order valence-corrected chi connectivity index (χ1v) is 11.1. The molecule has 3 aliphatic heterocycles. The first-order chi connectivity index (χ1) is 14.7. The Hall–Kier alpha value is -0.220. The van der Waals surface area contributed by atoms with E-state index in [1.54, 1.807) is 6.92 Å². The molecule has 0 amide bonds. The largest absolute Gasteiger partial charge is 0.397 e. The molecule has 31 heavy (non-hydrogen) atoms. The lowest BCUT2D eigenvalue weighted by Gasteiger charge is -2.44. The molecule has 0 aromatic heterocycles. The fraction of sp³-hybridized carbons (Fsp3) is 1.00. The lowest BCUT2D eigenvalue weighted by atomic mass is 9.90. The van der Waals surface area contributed by atoms with E-state index in [9.17, 15) is 18.6 Å². The zero-order chi connectivity index (χ0) is 22.8. The maximum absolute atomic E-state index is 11.3. The van der Waals surface area contributed by atoms with Crippen LogP contribution >= 0.6 is 12.3 Å². The second-order valence-corrected chi connectivity index (χ2v) is 8.35. The SMILES string of the molecule is CO[C@H]1OC2CO[C@@H](C1OS(=O)(=O)O)[C@H]2OC1OC(CO)[C@H](O)[C@H](C)[C@@H]1OOOSO. The number of hydrogen-bond donors (Lipinski definition) is 4. The molecule has 15 nitrogen and oxygen atoms in total. The van der Waals surface area contributed by atoms with E-state index < -0.39 is 78.2 Å². The molecule has 0 saturated carbocycles. The zero-order valence-electron chi connectivity index (χ0n) is 16.3. The number of aliphatic hydroxyl groups is 2. The Morgan fingerprint density at radius 3 is 2.52 bits per heavy atom. The van der Waals surface area contributed by atoms with Gasteiger partial charge in [0.05, 0.1) is 19.3 Å². The van der Waals surface area contributed by atoms with Crippen molar-refractivity contribution in [2.24, 2.45) is 5.92 Å². The number of hydrogen-bond acceptors (Lipinski definition) is 15. The molecule has 3 heterocycles. The van der Waals surface area contributed by atoms with Crippen molar-refractivity contribution in [3.8, 4) is 0 Å². The summed E-state index contributed by atoms with van der Waals surface area (Å²) in [5, 5.41) is 24.2. The lowest BCUT2D eigenvalue weighted by Crippen LogP contribution is -2.61. The molecule has 3 rings (SSSR count). The van der Waals surface area contributed by atoms with Crippen LogP contribution in [0.2, 0.25) is 0 Å². The van der Waals surface area contributed by atoms with Gasteiger partial charge in [-0.25, -0.2) is 4.18 Å². The van der Waals surface area contributed by atoms with E-state index in [1.165, 1.54) is 7.11 Å². The first-order valence-electron chi connectivity index (χ1n) is 9.05. The summed E-state index contributed by atoms with van der Waals surface area (Å²) in [4.78, 5) is 5.03. The Bertz CT molecular complexity index is 679. The van der Waals surface area contributed by atoms with Gasteiger partial charge in [-0.3, -0.25) is 4.55 Å². The summed E-state index contributed by atoms with van der Waals surface area (Å²) in [7, 11) is -3.63. The summed E-state index contributed by atoms with van der Waals surface area (Å²) < 4.78 is 76.8. The van der Waals surface area contributed by atoms with Crippen molar-refractivity contribution in [2.45, 2.75) is 62.2 Å². The number of fused-ring (bicyclic) bond motifs is 2. The van der Waals surface area contributed by atoms with Crippen LogP contribution in [0.4, 0.5) is 0 Å². The van der Waals surface area contributed by atoms with Gasteiger partial charge >= 0.3 is 10.4 Å². The van der Waals surface area contributed by atoms with Gasteiger partial charge in [-0.2, -0.15) is 13.3 Å². The third kappa shape index (κ3) is 5.83. The molecule has 4 N–H and O–H groups in total. The quantitative estimate of drug-likeness (QED) is 0.0886. The molecule has 0 aromatic rings. The van der Waals surface area contributed by atoms with Crippen LogP contribution < -0.4 is 0 Å². The van der Waals surface area contributed by atoms with E-state index in [1.807, 2.05) is 0 Å². The van der Waals surface area contributed by atoms with Gasteiger partial charge < -0.3 is 38.5 Å². The molecular formula is C14H24O15S2. The predicted molar refractivity (Wildman–Crippen MR) is 94.9 cm³/mol. The summed E-state index contributed by atoms with van der Waals surface area (Å²) in [5.74, 6) is -0.706. The highest BCUT2D eigenvalue weighted by Crippen LogP contribution is 2.38. The molecule has 10 atom stereocenters. The van der Waals surface area contributed by atoms with Crippen LogP contribution in [-0.4, -0.2) is 103 Å². The Balaban J connectivity index is 1.78. The standard InChI is InChI=1S/C14H24O15S2/c1-5-8(16)6(3-15)23-14(9(5)26-28-29-30-17)25-10-7-4-22-11(10)12(13(21-2)24-7)27-31(18,19)20/h5-17H,3-4H2,1-2H3,(H,18,19,20)/t5-,6?,7?,8+,9-,10-,11+,12?,13-,14?/m0/s1. The predicted octanol–water partition coefficient (Wildman–Crippen LogP) is -1.59. The minimum atomic E-state index is -4.88. The fourth-order valence-corrected chi connectivity index (χ4v) is 4.28. The van der Waals surface area contributed by atoms with Gasteiger partial charge in [0.2, 0.25) is 0 Å². The van der Waals surface area contributed by atoms with E-state index >= 15 is 0 Å². The molecule has 0 aliphatic carbocycles. The van der Waals surface area contributed by atoms with Gasteiger partial charge in [-0.05, 0) is 0 Å². The van der Waals surface area contributed by atoms with Crippen LogP contribution in [0.3, 0.4) is 0 Å². The van der Waals surface area contributed by atoms with Gasteiger partial charge in [0.15, 0.2) is 37.1 Å². The number of ether oxygens (including phenoxy) is 5. The van der Waals surface area contributed by atoms with Crippen molar-refractivity contribution in [2.75, 3.05) is 20.3 Å². The number of aliphatic hydroxyl groups excluding tert-OH is 2. The molecule has 3 saturated heterocycles. The van der Waals surface area contributed by atoms with Gasteiger partial charge in [0.1, 0.15) is 24.4 Å². The third-order valence-corrected chi connectivity index (χ3v) is 5.79. The van der Waals surface area contributed by atoms with Crippen LogP contribution in [0, 0.1) is 5.92 Å². The molecule has 3 fully saturated rings. The minimum absolute atomic E-state index is 0.0128. The van der Waals surface area contributed by atoms with Gasteiger partial charge in [-0.1, -0.05) is 12.0 Å². The first kappa shape index (κ1) is 25.4. The van der Waals surface area contributed by atoms with Crippen LogP contribution in [0.25, 0.3) is 0 Å². The van der Waals surface area contributed by atoms with Crippen molar-refractivity contribution >= 4 is 22.7 Å². The molecular weight excluding hydrogens is 472 g/mol. The monoisotopic (exact) mass is 496 g/mol. The molecule has 2 bridgehead atoms. The van der Waals surface area contributed by atoms with E-state index in [0.29, 0.717) is 0 Å². The smallest absolute Gasteiger partial charge is 0.394 e. The third-order valence-electron chi connectivity index (χ3n) is 5.20. The normalized spacial score (nSPS) is 43.3. The topological polar surface area (TPSA) is 198 Å². The maximum atomic E-state index is 11.3. The highest BCUT2D eigenvalue weighted by atomic mass is 32.3. The van der Waals surface area contributed by atoms with Crippen molar-refractivity contribution in [3.05, 3.63) is 0 Å². The van der Waals surface area contributed by atoms with Crippen LogP contribution in [0.5, 0.6) is 0 Å². The molecule has 182 valence electrons. The molecule has 3 aliphatic rings. The Morgan fingerprint density at radius 1 is 1.16 bits per heavy atom. The number of methoxy groups -OCH3 is 1. The van der Waals surface area contributed by atoms with Crippen LogP contribution in [-0.2, 0) is 52.5 Å². The summed E-state index contributed by atoms with van der Waals surface area (Å²) in [5.41, 5.74) is 0. The average molecular weight is 496 g/mol. The highest BCUT2D eigenvalue weighted by Gasteiger charge is 2.57. The van der Waals surface area contributed by atoms with Crippen molar-refractivity contribution in [1.82, 2.24) is 0 Å². The molecule has 4 unspecified atom stereocenters. The Kier molecular flexibility index (Phi) is 8.85. The van der Waals surface area contributed by atoms with E-state index in [2.05, 4.69) is 13.6 Å². The maximum Gasteiger partial charge on any atom is 0.397 e. The lowest BCUT2D eigenvalue weighted by molar-refractivity contribution is -0.509. The highest BCUT2D eigenvalue weighted by molar-refractivity contribution is 7.88. The van der Waals surface area contributed by atoms with E-state index in [4.69, 9.17) is 37.7 Å². The van der Waals surface area contributed by atoms with Crippen molar-refractivity contribution < 1.29 is 69.9 Å². The molecule has 0 spiro atoms.